The molecule has 2 heterocycles. The second-order valence-corrected chi connectivity index (χ2v) is 6.57. The molecule has 2 unspecified atom stereocenters. The number of benzene rings is 1. The number of para-hydroxylation sites is 1. The number of nitrogens with two attached hydrogens (primary N) is 1. The van der Waals surface area contributed by atoms with Crippen LogP contribution in [0.25, 0.3) is 0 Å². The molecule has 2 aliphatic heterocycles. The first kappa shape index (κ1) is 20.0. The molecule has 0 aliphatic carbocycles. The zero-order chi connectivity index (χ0) is 16.9. The number of carbonyl (C=O) groups is 1. The van der Waals surface area contributed by atoms with E-state index in [-0.39, 0.29) is 35.8 Å². The summed E-state index contributed by atoms with van der Waals surface area (Å²) in [5.41, 5.74) is 8.09. The van der Waals surface area contributed by atoms with Gasteiger partial charge in [0.05, 0.1) is 6.54 Å². The monoisotopic (exact) mass is 457 g/mol. The van der Waals surface area contributed by atoms with Crippen molar-refractivity contribution in [3.05, 3.63) is 29.8 Å². The number of carbonyl (C=O) groups excluding carboxylic acids is 1. The Morgan fingerprint density at radius 1 is 1.44 bits per heavy atom. The van der Waals surface area contributed by atoms with E-state index in [1.807, 2.05) is 18.2 Å². The standard InChI is InChI=1S/C18H27N5O.HI/c1-2-23-9-5-6-14(23)12-21-18(19)20-11-13-10-17(24)22-16-8-4-3-7-15(13)16;/h3-4,7-8,13-14H,2,5-6,9-12H2,1H3,(H,22,24)(H3,19,20,21);1H. The van der Waals surface area contributed by atoms with Gasteiger partial charge in [-0.1, -0.05) is 25.1 Å². The fraction of sp³-hybridized carbons (Fsp3) is 0.556. The molecule has 0 radical (unpaired) electrons. The summed E-state index contributed by atoms with van der Waals surface area (Å²) in [4.78, 5) is 18.8. The maximum atomic E-state index is 11.8. The summed E-state index contributed by atoms with van der Waals surface area (Å²) in [7, 11) is 0. The molecule has 3 rings (SSSR count). The zero-order valence-electron chi connectivity index (χ0n) is 14.7. The minimum atomic E-state index is 0. The van der Waals surface area contributed by atoms with Gasteiger partial charge in [0.1, 0.15) is 0 Å². The number of anilines is 1. The second kappa shape index (κ2) is 9.38. The van der Waals surface area contributed by atoms with Gasteiger partial charge in [0.2, 0.25) is 5.91 Å². The van der Waals surface area contributed by atoms with Crippen LogP contribution in [0.5, 0.6) is 0 Å². The molecule has 25 heavy (non-hydrogen) atoms. The molecular weight excluding hydrogens is 429 g/mol. The van der Waals surface area contributed by atoms with Gasteiger partial charge in [-0.2, -0.15) is 0 Å². The van der Waals surface area contributed by atoms with Crippen molar-refractivity contribution in [2.75, 3.05) is 31.5 Å². The van der Waals surface area contributed by atoms with Crippen molar-refractivity contribution >= 4 is 41.5 Å². The highest BCUT2D eigenvalue weighted by Gasteiger charge is 2.25. The van der Waals surface area contributed by atoms with E-state index in [0.29, 0.717) is 25.0 Å². The summed E-state index contributed by atoms with van der Waals surface area (Å²) in [5, 5.41) is 6.12. The van der Waals surface area contributed by atoms with Gasteiger partial charge in [0.25, 0.3) is 0 Å². The molecule has 0 bridgehead atoms. The van der Waals surface area contributed by atoms with Crippen LogP contribution in [0.1, 0.15) is 37.7 Å². The first-order valence-corrected chi connectivity index (χ1v) is 8.84. The predicted octanol–water partition coefficient (Wildman–Crippen LogP) is 2.12. The van der Waals surface area contributed by atoms with Crippen molar-refractivity contribution in [2.45, 2.75) is 38.1 Å². The van der Waals surface area contributed by atoms with Crippen LogP contribution in [0.2, 0.25) is 0 Å². The van der Waals surface area contributed by atoms with Gasteiger partial charge >= 0.3 is 0 Å². The van der Waals surface area contributed by atoms with Crippen LogP contribution in [0.4, 0.5) is 5.69 Å². The molecule has 2 aliphatic rings. The predicted molar refractivity (Wildman–Crippen MR) is 113 cm³/mol. The van der Waals surface area contributed by atoms with Gasteiger partial charge in [-0.05, 0) is 37.6 Å². The van der Waals surface area contributed by atoms with Gasteiger partial charge in [0, 0.05) is 30.6 Å². The Morgan fingerprint density at radius 3 is 3.04 bits per heavy atom. The Hall–Kier alpha value is -1.35. The van der Waals surface area contributed by atoms with E-state index >= 15 is 0 Å². The number of guanidine groups is 1. The highest BCUT2D eigenvalue weighted by atomic mass is 127. The minimum absolute atomic E-state index is 0. The fourth-order valence-corrected chi connectivity index (χ4v) is 3.69. The summed E-state index contributed by atoms with van der Waals surface area (Å²) in [6, 6.07) is 8.45. The third kappa shape index (κ3) is 5.07. The molecule has 7 heteroatoms. The molecular formula is C18H28IN5O. The number of nitrogens with one attached hydrogen (secondary N) is 2. The quantitative estimate of drug-likeness (QED) is 0.360. The maximum Gasteiger partial charge on any atom is 0.225 e. The highest BCUT2D eigenvalue weighted by molar-refractivity contribution is 14.0. The van der Waals surface area contributed by atoms with E-state index in [1.165, 1.54) is 12.8 Å². The number of likely N-dealkylation sites (tertiary alicyclic amines) is 1. The van der Waals surface area contributed by atoms with Crippen LogP contribution in [0.3, 0.4) is 0 Å². The Bertz CT molecular complexity index is 621. The van der Waals surface area contributed by atoms with Crippen molar-refractivity contribution in [3.8, 4) is 0 Å². The van der Waals surface area contributed by atoms with E-state index in [0.717, 1.165) is 30.9 Å². The summed E-state index contributed by atoms with van der Waals surface area (Å²) in [5.74, 6) is 0.657. The third-order valence-corrected chi connectivity index (χ3v) is 5.01. The molecule has 1 fully saturated rings. The first-order valence-electron chi connectivity index (χ1n) is 8.84. The van der Waals surface area contributed by atoms with Crippen LogP contribution in [0.15, 0.2) is 29.3 Å². The lowest BCUT2D eigenvalue weighted by Crippen LogP contribution is -2.38. The Labute approximate surface area is 166 Å². The van der Waals surface area contributed by atoms with Crippen LogP contribution in [0, 0.1) is 0 Å². The normalized spacial score (nSPS) is 23.6. The van der Waals surface area contributed by atoms with E-state index in [9.17, 15) is 4.79 Å². The summed E-state index contributed by atoms with van der Waals surface area (Å²) in [6.45, 7) is 5.80. The molecule has 1 saturated heterocycles. The van der Waals surface area contributed by atoms with E-state index < -0.39 is 0 Å². The van der Waals surface area contributed by atoms with Gasteiger partial charge in [-0.15, -0.1) is 24.0 Å². The van der Waals surface area contributed by atoms with Gasteiger partial charge in [-0.25, -0.2) is 0 Å². The highest BCUT2D eigenvalue weighted by Crippen LogP contribution is 2.31. The number of aliphatic imine (C=N–C) groups is 1. The zero-order valence-corrected chi connectivity index (χ0v) is 17.0. The van der Waals surface area contributed by atoms with Crippen molar-refractivity contribution in [1.29, 1.82) is 0 Å². The molecule has 138 valence electrons. The van der Waals surface area contributed by atoms with Gasteiger partial charge in [0.15, 0.2) is 5.96 Å². The SMILES string of the molecule is CCN1CCCC1CN=C(N)NCC1CC(=O)Nc2ccccc21.I. The second-order valence-electron chi connectivity index (χ2n) is 6.57. The Morgan fingerprint density at radius 2 is 2.24 bits per heavy atom. The lowest BCUT2D eigenvalue weighted by Gasteiger charge is -2.26. The number of hydrogen-bond donors (Lipinski definition) is 3. The number of hydrogen-bond acceptors (Lipinski definition) is 3. The van der Waals surface area contributed by atoms with E-state index in [2.05, 4.69) is 33.5 Å². The summed E-state index contributed by atoms with van der Waals surface area (Å²) < 4.78 is 0. The average Bonchev–Trinajstić information content (AvgIpc) is 3.05. The number of amides is 1. The maximum absolute atomic E-state index is 11.8. The third-order valence-electron chi connectivity index (χ3n) is 5.01. The molecule has 0 spiro atoms. The Kier molecular flexibility index (Phi) is 7.49. The minimum Gasteiger partial charge on any atom is -0.370 e. The first-order chi connectivity index (χ1) is 11.7. The lowest BCUT2D eigenvalue weighted by atomic mass is 9.90. The van der Waals surface area contributed by atoms with E-state index in [4.69, 9.17) is 5.73 Å². The molecule has 1 aromatic rings. The van der Waals surface area contributed by atoms with Gasteiger partial charge < -0.3 is 16.4 Å². The number of rotatable bonds is 5. The number of fused-ring (bicyclic) bond motifs is 1. The molecule has 0 saturated carbocycles. The van der Waals surface area contributed by atoms with Crippen molar-refractivity contribution in [3.63, 3.8) is 0 Å². The summed E-state index contributed by atoms with van der Waals surface area (Å²) >= 11 is 0. The molecule has 4 N–H and O–H groups in total. The van der Waals surface area contributed by atoms with Gasteiger partial charge in [-0.3, -0.25) is 14.7 Å². The van der Waals surface area contributed by atoms with E-state index in [1.54, 1.807) is 0 Å². The largest absolute Gasteiger partial charge is 0.370 e. The van der Waals surface area contributed by atoms with Crippen molar-refractivity contribution in [2.24, 2.45) is 10.7 Å². The Balaban J connectivity index is 0.00000225. The fourth-order valence-electron chi connectivity index (χ4n) is 3.69. The topological polar surface area (TPSA) is 82.8 Å². The molecule has 6 nitrogen and oxygen atoms in total. The van der Waals surface area contributed by atoms with Crippen molar-refractivity contribution < 1.29 is 4.79 Å². The van der Waals surface area contributed by atoms with Crippen molar-refractivity contribution in [1.82, 2.24) is 10.2 Å². The smallest absolute Gasteiger partial charge is 0.225 e. The number of halogens is 1. The van der Waals surface area contributed by atoms with Crippen LogP contribution >= 0.6 is 24.0 Å². The number of likely N-dealkylation sites (N-methyl/N-ethyl adjacent to an activating group) is 1. The van der Waals surface area contributed by atoms with Crippen LogP contribution in [-0.2, 0) is 4.79 Å². The molecule has 1 aromatic carbocycles. The number of nitrogens with zero attached hydrogens (tertiary/aromatic N) is 2. The average molecular weight is 457 g/mol. The molecule has 1 amide bonds. The van der Waals surface area contributed by atoms with Crippen LogP contribution in [-0.4, -0.2) is 49.0 Å². The summed E-state index contributed by atoms with van der Waals surface area (Å²) in [6.07, 6.45) is 2.92. The molecule has 2 atom stereocenters. The van der Waals surface area contributed by atoms with Crippen LogP contribution < -0.4 is 16.4 Å². The lowest BCUT2D eigenvalue weighted by molar-refractivity contribution is -0.116. The molecule has 0 aromatic heterocycles.